The smallest absolute Gasteiger partial charge is 0.331 e. The lowest BCUT2D eigenvalue weighted by Crippen LogP contribution is -2.48. The molecule has 400 valence electrons. The molecule has 2 aliphatic rings. The number of methoxy groups -OCH3 is 1. The summed E-state index contributed by atoms with van der Waals surface area (Å²) in [6, 6.07) is 0. The van der Waals surface area contributed by atoms with Gasteiger partial charge in [0.2, 0.25) is 0 Å². The van der Waals surface area contributed by atoms with E-state index in [2.05, 4.69) is 33.9 Å². The number of aliphatic hydroxyl groups is 6. The largest absolute Gasteiger partial charge is 0.497 e. The third kappa shape index (κ3) is 22.8. The predicted molar refractivity (Wildman–Crippen MR) is 275 cm³/mol. The molecule has 12 nitrogen and oxygen atoms in total. The molecular formula is C57H100O12. The first kappa shape index (κ1) is 62.5. The summed E-state index contributed by atoms with van der Waals surface area (Å²) in [5.41, 5.74) is -0.410. The molecule has 1 saturated heterocycles. The average molecular weight is 977 g/mol. The first-order valence-corrected chi connectivity index (χ1v) is 26.8. The highest BCUT2D eigenvalue weighted by Gasteiger charge is 2.52. The van der Waals surface area contributed by atoms with Crippen LogP contribution in [0.5, 0.6) is 0 Å². The van der Waals surface area contributed by atoms with Crippen LogP contribution in [0.25, 0.3) is 0 Å². The lowest BCUT2D eigenvalue weighted by Gasteiger charge is -2.38. The van der Waals surface area contributed by atoms with Crippen molar-refractivity contribution in [2.75, 3.05) is 7.11 Å². The van der Waals surface area contributed by atoms with Gasteiger partial charge in [0.15, 0.2) is 0 Å². The topological polar surface area (TPSA) is 192 Å². The van der Waals surface area contributed by atoms with E-state index in [4.69, 9.17) is 18.9 Å². The summed E-state index contributed by atoms with van der Waals surface area (Å²) in [5, 5.41) is 68.3. The summed E-state index contributed by atoms with van der Waals surface area (Å²) in [6.07, 6.45) is 14.0. The molecule has 0 aromatic carbocycles. The number of rotatable bonds is 31. The van der Waals surface area contributed by atoms with Crippen molar-refractivity contribution in [2.45, 2.75) is 271 Å². The van der Waals surface area contributed by atoms with Crippen molar-refractivity contribution in [2.24, 2.45) is 23.2 Å². The van der Waals surface area contributed by atoms with Crippen LogP contribution in [0, 0.1) is 23.2 Å². The molecule has 0 amide bonds. The Labute approximate surface area is 418 Å². The molecule has 2 aliphatic heterocycles. The second-order valence-corrected chi connectivity index (χ2v) is 22.4. The zero-order valence-electron chi connectivity index (χ0n) is 44.9. The number of carbonyl (C=O) groups is 2. The number of aliphatic hydroxyl groups excluding tert-OH is 6. The van der Waals surface area contributed by atoms with Crippen molar-refractivity contribution in [3.63, 3.8) is 0 Å². The van der Waals surface area contributed by atoms with E-state index in [0.717, 1.165) is 31.3 Å². The van der Waals surface area contributed by atoms with Crippen molar-refractivity contribution in [3.8, 4) is 0 Å². The fourth-order valence-corrected chi connectivity index (χ4v) is 10.2. The van der Waals surface area contributed by atoms with Gasteiger partial charge in [0.1, 0.15) is 29.7 Å². The standard InChI is InChI=1S/C57H100O12/c1-13-14-15-16-17-18-19-20-21-22-23-24-25-26-54(64)67-46(34-42(6)44(8)66-12)35-48(59)43(7)49(60)37-51(62)56(9,10)50(61)31-41(5)32-52(63)57(11)53-36-47(69-57)30-40(4)29-45(58)28-38(2)27-39(3)33-55(65)68-53/h32-33,38,40,43,45-53,58-63H,6,8,13-31,34-37H2,1-5,7,9-12H3. The minimum atomic E-state index is -1.29. The average Bonchev–Trinajstić information content (AvgIpc) is 3.57. The lowest BCUT2D eigenvalue weighted by molar-refractivity contribution is -0.164. The van der Waals surface area contributed by atoms with Gasteiger partial charge in [-0.25, -0.2) is 4.79 Å². The quantitative estimate of drug-likeness (QED) is 0.0127. The molecule has 0 aliphatic carbocycles. The van der Waals surface area contributed by atoms with Crippen LogP contribution in [0.1, 0.15) is 210 Å². The summed E-state index contributed by atoms with van der Waals surface area (Å²) < 4.78 is 23.6. The normalized spacial score (nSPS) is 26.1. The fraction of sp³-hybridized carbons (Fsp3) is 0.825. The van der Waals surface area contributed by atoms with Crippen molar-refractivity contribution >= 4 is 11.9 Å². The van der Waals surface area contributed by atoms with Crippen LogP contribution >= 0.6 is 0 Å². The Morgan fingerprint density at radius 2 is 1.41 bits per heavy atom. The number of ether oxygens (including phenoxy) is 4. The Morgan fingerprint density at radius 1 is 0.855 bits per heavy atom. The molecule has 0 radical (unpaired) electrons. The Morgan fingerprint density at radius 3 is 1.99 bits per heavy atom. The van der Waals surface area contributed by atoms with Crippen molar-refractivity contribution in [3.05, 3.63) is 47.8 Å². The van der Waals surface area contributed by atoms with Gasteiger partial charge < -0.3 is 49.6 Å². The van der Waals surface area contributed by atoms with Crippen LogP contribution in [0.15, 0.2) is 47.8 Å². The Hall–Kier alpha value is -2.58. The van der Waals surface area contributed by atoms with E-state index in [0.29, 0.717) is 49.0 Å². The maximum atomic E-state index is 13.1. The molecule has 0 saturated carbocycles. The molecule has 0 aromatic rings. The van der Waals surface area contributed by atoms with Crippen molar-refractivity contribution < 1.29 is 59.2 Å². The van der Waals surface area contributed by atoms with Gasteiger partial charge in [-0.15, -0.1) is 0 Å². The maximum Gasteiger partial charge on any atom is 0.331 e. The first-order chi connectivity index (χ1) is 32.4. The second-order valence-electron chi connectivity index (χ2n) is 22.4. The maximum absolute atomic E-state index is 13.1. The van der Waals surface area contributed by atoms with E-state index in [1.807, 2.05) is 6.92 Å². The molecule has 1 fully saturated rings. The van der Waals surface area contributed by atoms with Crippen LogP contribution in [0.3, 0.4) is 0 Å². The van der Waals surface area contributed by atoms with Gasteiger partial charge in [-0.2, -0.15) is 0 Å². The van der Waals surface area contributed by atoms with E-state index in [1.54, 1.807) is 40.7 Å². The summed E-state index contributed by atoms with van der Waals surface area (Å²) >= 11 is 0. The number of unbranched alkanes of at least 4 members (excludes halogenated alkanes) is 12. The second kappa shape index (κ2) is 31.8. The summed E-state index contributed by atoms with van der Waals surface area (Å²) in [4.78, 5) is 26.2. The van der Waals surface area contributed by atoms with Gasteiger partial charge in [0.05, 0.1) is 43.7 Å². The third-order valence-electron chi connectivity index (χ3n) is 15.2. The van der Waals surface area contributed by atoms with Crippen molar-refractivity contribution in [1.29, 1.82) is 0 Å². The van der Waals surface area contributed by atoms with Crippen molar-refractivity contribution in [1.82, 2.24) is 0 Å². The van der Waals surface area contributed by atoms with Crippen LogP contribution in [-0.2, 0) is 28.5 Å². The molecule has 69 heavy (non-hydrogen) atoms. The Bertz CT molecular complexity index is 1590. The first-order valence-electron chi connectivity index (χ1n) is 26.8. The molecule has 13 unspecified atom stereocenters. The van der Waals surface area contributed by atoms with Crippen LogP contribution in [0.4, 0.5) is 0 Å². The van der Waals surface area contributed by atoms with E-state index in [1.165, 1.54) is 71.0 Å². The van der Waals surface area contributed by atoms with E-state index in [-0.39, 0.29) is 56.0 Å². The number of allylic oxidation sites excluding steroid dienone is 2. The van der Waals surface area contributed by atoms with Crippen LogP contribution < -0.4 is 0 Å². The lowest BCUT2D eigenvalue weighted by atomic mass is 9.75. The fourth-order valence-electron chi connectivity index (χ4n) is 10.2. The molecule has 2 heterocycles. The number of esters is 2. The molecule has 12 heteroatoms. The zero-order chi connectivity index (χ0) is 51.9. The SMILES string of the molecule is C=C(CC(CC(O)C(C)C(O)CC(O)C(C)(C)C(O)CC(C)=CC(O)C1(C)OC2CC(C)CC(O)CC(C)CC(C)=CC(=O)OC1C2)OC(=O)CCCCCCCCCCCCCCC)C(=C)OC. The van der Waals surface area contributed by atoms with Gasteiger partial charge in [-0.1, -0.05) is 149 Å². The van der Waals surface area contributed by atoms with Crippen LogP contribution in [0.2, 0.25) is 0 Å². The van der Waals surface area contributed by atoms with Gasteiger partial charge in [0, 0.05) is 49.5 Å². The highest BCUT2D eigenvalue weighted by molar-refractivity contribution is 5.83. The van der Waals surface area contributed by atoms with Crippen LogP contribution in [-0.4, -0.2) is 110 Å². The zero-order valence-corrected chi connectivity index (χ0v) is 44.9. The van der Waals surface area contributed by atoms with E-state index >= 15 is 0 Å². The highest BCUT2D eigenvalue weighted by atomic mass is 16.6. The molecule has 13 atom stereocenters. The molecule has 2 bridgehead atoms. The molecule has 0 spiro atoms. The number of carbonyl (C=O) groups excluding carboxylic acids is 2. The van der Waals surface area contributed by atoms with Gasteiger partial charge >= 0.3 is 11.9 Å². The van der Waals surface area contributed by atoms with E-state index in [9.17, 15) is 40.2 Å². The summed E-state index contributed by atoms with van der Waals surface area (Å²) in [6.45, 7) is 24.7. The monoisotopic (exact) mass is 977 g/mol. The van der Waals surface area contributed by atoms with E-state index < -0.39 is 71.7 Å². The number of hydrogen-bond acceptors (Lipinski definition) is 12. The molecule has 2 rings (SSSR count). The minimum absolute atomic E-state index is 0.0220. The minimum Gasteiger partial charge on any atom is -0.497 e. The predicted octanol–water partition coefficient (Wildman–Crippen LogP) is 10.7. The van der Waals surface area contributed by atoms with Gasteiger partial charge in [-0.3, -0.25) is 4.79 Å². The molecular weight excluding hydrogens is 877 g/mol. The molecule has 0 aromatic heterocycles. The highest BCUT2D eigenvalue weighted by Crippen LogP contribution is 2.41. The Kier molecular flexibility index (Phi) is 28.8. The number of fused-ring (bicyclic) bond motifs is 2. The third-order valence-corrected chi connectivity index (χ3v) is 15.2. The summed E-state index contributed by atoms with van der Waals surface area (Å²) in [5.74, 6) is -0.916. The van der Waals surface area contributed by atoms with Gasteiger partial charge in [0.25, 0.3) is 0 Å². The van der Waals surface area contributed by atoms with Gasteiger partial charge in [-0.05, 0) is 76.7 Å². The molecule has 6 N–H and O–H groups in total. The summed E-state index contributed by atoms with van der Waals surface area (Å²) in [7, 11) is 1.48. The Balaban J connectivity index is 2.00. The number of hydrogen-bond donors (Lipinski definition) is 6.